The Labute approximate surface area is 240 Å². The molecule has 11 heteroatoms. The first kappa shape index (κ1) is 27.3. The first-order valence-electron chi connectivity index (χ1n) is 12.3. The molecule has 202 valence electrons. The molecule has 2 aromatic heterocycles. The Morgan fingerprint density at radius 1 is 1.07 bits per heavy atom. The lowest BCUT2D eigenvalue weighted by Gasteiger charge is -2.20. The SMILES string of the molecule is CC(C)(O)Cn1cc(C(Nc2cc(Cl)c3ncc(C#N)c(Nc4ccc(F)c(Cl)c4)c3c2)c2ccccc2)nn1. The largest absolute Gasteiger partial charge is 0.389 e. The minimum Gasteiger partial charge on any atom is -0.389 e. The van der Waals surface area contributed by atoms with Crippen molar-refractivity contribution in [1.82, 2.24) is 20.0 Å². The smallest absolute Gasteiger partial charge is 0.141 e. The molecule has 0 fully saturated rings. The van der Waals surface area contributed by atoms with Crippen molar-refractivity contribution < 1.29 is 9.50 Å². The van der Waals surface area contributed by atoms with Gasteiger partial charge in [-0.3, -0.25) is 4.98 Å². The highest BCUT2D eigenvalue weighted by Gasteiger charge is 2.22. The minimum atomic E-state index is -0.962. The second-order valence-electron chi connectivity index (χ2n) is 9.91. The number of anilines is 3. The zero-order valence-corrected chi connectivity index (χ0v) is 23.0. The number of nitrogens with one attached hydrogen (secondary N) is 2. The van der Waals surface area contributed by atoms with Crippen LogP contribution in [0.1, 0.15) is 36.7 Å². The Kier molecular flexibility index (Phi) is 7.59. The Hall–Kier alpha value is -4.23. The van der Waals surface area contributed by atoms with Crippen molar-refractivity contribution in [2.45, 2.75) is 32.0 Å². The number of halogens is 3. The molecule has 8 nitrogen and oxygen atoms in total. The molecule has 5 aromatic rings. The second kappa shape index (κ2) is 11.1. The number of nitrogens with zero attached hydrogens (tertiary/aromatic N) is 5. The van der Waals surface area contributed by atoms with Gasteiger partial charge in [-0.2, -0.15) is 5.26 Å². The molecule has 3 N–H and O–H groups in total. The summed E-state index contributed by atoms with van der Waals surface area (Å²) in [5.41, 5.74) is 2.94. The van der Waals surface area contributed by atoms with Crippen LogP contribution in [-0.4, -0.2) is 30.7 Å². The Bertz CT molecular complexity index is 1730. The van der Waals surface area contributed by atoms with Gasteiger partial charge in [-0.05, 0) is 49.7 Å². The van der Waals surface area contributed by atoms with Gasteiger partial charge < -0.3 is 15.7 Å². The molecule has 0 aliphatic carbocycles. The summed E-state index contributed by atoms with van der Waals surface area (Å²) in [7, 11) is 0. The molecule has 40 heavy (non-hydrogen) atoms. The van der Waals surface area contributed by atoms with E-state index in [2.05, 4.69) is 32.0 Å². The fraction of sp³-hybridized carbons (Fsp3) is 0.172. The molecule has 0 amide bonds. The van der Waals surface area contributed by atoms with Crippen molar-refractivity contribution in [3.63, 3.8) is 0 Å². The van der Waals surface area contributed by atoms with E-state index in [-0.39, 0.29) is 17.1 Å². The maximum absolute atomic E-state index is 13.8. The summed E-state index contributed by atoms with van der Waals surface area (Å²) in [6.07, 6.45) is 3.22. The van der Waals surface area contributed by atoms with Gasteiger partial charge in [-0.1, -0.05) is 58.7 Å². The summed E-state index contributed by atoms with van der Waals surface area (Å²) >= 11 is 12.7. The average Bonchev–Trinajstić information content (AvgIpc) is 3.36. The van der Waals surface area contributed by atoms with Gasteiger partial charge in [-0.25, -0.2) is 9.07 Å². The zero-order chi connectivity index (χ0) is 28.4. The molecule has 0 saturated carbocycles. The van der Waals surface area contributed by atoms with Crippen LogP contribution in [0.3, 0.4) is 0 Å². The molecule has 1 atom stereocenters. The van der Waals surface area contributed by atoms with E-state index in [4.69, 9.17) is 23.2 Å². The van der Waals surface area contributed by atoms with Gasteiger partial charge in [0.15, 0.2) is 0 Å². The summed E-state index contributed by atoms with van der Waals surface area (Å²) < 4.78 is 15.4. The third kappa shape index (κ3) is 6.00. The van der Waals surface area contributed by atoms with Crippen LogP contribution >= 0.6 is 23.2 Å². The van der Waals surface area contributed by atoms with Crippen LogP contribution in [0.5, 0.6) is 0 Å². The molecule has 0 spiro atoms. The van der Waals surface area contributed by atoms with E-state index in [1.54, 1.807) is 30.8 Å². The molecule has 3 aromatic carbocycles. The normalized spacial score (nSPS) is 12.2. The third-order valence-corrected chi connectivity index (χ3v) is 6.66. The van der Waals surface area contributed by atoms with Gasteiger partial charge >= 0.3 is 0 Å². The molecule has 0 radical (unpaired) electrons. The van der Waals surface area contributed by atoms with Crippen molar-refractivity contribution in [2.75, 3.05) is 10.6 Å². The Morgan fingerprint density at radius 3 is 2.52 bits per heavy atom. The van der Waals surface area contributed by atoms with E-state index in [0.29, 0.717) is 38.7 Å². The Morgan fingerprint density at radius 2 is 1.82 bits per heavy atom. The number of rotatable bonds is 8. The number of fused-ring (bicyclic) bond motifs is 1. The lowest BCUT2D eigenvalue weighted by molar-refractivity contribution is 0.0571. The molecule has 0 bridgehead atoms. The number of aromatic nitrogens is 4. The molecular weight excluding hydrogens is 552 g/mol. The van der Waals surface area contributed by atoms with Crippen LogP contribution < -0.4 is 10.6 Å². The quantitative estimate of drug-likeness (QED) is 0.185. The summed E-state index contributed by atoms with van der Waals surface area (Å²) in [4.78, 5) is 4.40. The van der Waals surface area contributed by atoms with Crippen molar-refractivity contribution >= 4 is 51.2 Å². The van der Waals surface area contributed by atoms with Gasteiger partial charge in [0, 0.05) is 23.0 Å². The highest BCUT2D eigenvalue weighted by atomic mass is 35.5. The number of pyridine rings is 1. The molecule has 5 rings (SSSR count). The molecular formula is C29H24Cl2FN7O. The highest BCUT2D eigenvalue weighted by Crippen LogP contribution is 2.37. The predicted molar refractivity (Wildman–Crippen MR) is 154 cm³/mol. The van der Waals surface area contributed by atoms with Crippen molar-refractivity contribution in [3.8, 4) is 6.07 Å². The standard InChI is InChI=1S/C29H24Cl2FN7O/c1-29(2,40)16-39-15-25(37-38-39)27(17-6-4-3-5-7-17)36-20-10-21-26(35-19-8-9-24(32)22(30)11-19)18(13-33)14-34-28(21)23(31)12-20/h3-12,14-15,27,36,40H,16H2,1-2H3,(H,34,35). The van der Waals surface area contributed by atoms with Gasteiger partial charge in [0.2, 0.25) is 0 Å². The second-order valence-corrected chi connectivity index (χ2v) is 10.7. The first-order chi connectivity index (χ1) is 19.1. The van der Waals surface area contributed by atoms with Crippen LogP contribution in [0.15, 0.2) is 73.1 Å². The van der Waals surface area contributed by atoms with E-state index in [1.165, 1.54) is 24.4 Å². The number of benzene rings is 3. The number of hydrogen-bond donors (Lipinski definition) is 3. The van der Waals surface area contributed by atoms with Crippen LogP contribution in [0.2, 0.25) is 10.0 Å². The summed E-state index contributed by atoms with van der Waals surface area (Å²) in [6.45, 7) is 3.68. The predicted octanol–water partition coefficient (Wildman–Crippen LogP) is 6.86. The topological polar surface area (TPSA) is 112 Å². The van der Waals surface area contributed by atoms with Crippen molar-refractivity contribution in [2.24, 2.45) is 0 Å². The van der Waals surface area contributed by atoms with Gasteiger partial charge in [-0.15, -0.1) is 5.10 Å². The van der Waals surface area contributed by atoms with E-state index < -0.39 is 17.5 Å². The van der Waals surface area contributed by atoms with Crippen LogP contribution in [0, 0.1) is 17.1 Å². The van der Waals surface area contributed by atoms with Crippen LogP contribution in [0.25, 0.3) is 10.9 Å². The highest BCUT2D eigenvalue weighted by molar-refractivity contribution is 6.36. The zero-order valence-electron chi connectivity index (χ0n) is 21.5. The Balaban J connectivity index is 1.58. The lowest BCUT2D eigenvalue weighted by atomic mass is 10.0. The summed E-state index contributed by atoms with van der Waals surface area (Å²) in [5, 5.41) is 36.2. The molecule has 0 aliphatic heterocycles. The van der Waals surface area contributed by atoms with E-state index in [0.717, 1.165) is 5.56 Å². The summed E-state index contributed by atoms with van der Waals surface area (Å²) in [6, 6.07) is 19.3. The number of aliphatic hydroxyl groups is 1. The maximum atomic E-state index is 13.8. The number of hydrogen-bond acceptors (Lipinski definition) is 7. The monoisotopic (exact) mass is 575 g/mol. The first-order valence-corrected chi connectivity index (χ1v) is 13.1. The van der Waals surface area contributed by atoms with Crippen molar-refractivity contribution in [1.29, 1.82) is 5.26 Å². The molecule has 0 saturated heterocycles. The van der Waals surface area contributed by atoms with Crippen molar-refractivity contribution in [3.05, 3.63) is 106 Å². The third-order valence-electron chi connectivity index (χ3n) is 6.08. The molecule has 2 heterocycles. The van der Waals surface area contributed by atoms with E-state index in [9.17, 15) is 14.8 Å². The van der Waals surface area contributed by atoms with Gasteiger partial charge in [0.05, 0.1) is 51.2 Å². The molecule has 0 aliphatic rings. The maximum Gasteiger partial charge on any atom is 0.141 e. The minimum absolute atomic E-state index is 0.0504. The summed E-state index contributed by atoms with van der Waals surface area (Å²) in [5.74, 6) is -0.548. The van der Waals surface area contributed by atoms with E-state index in [1.807, 2.05) is 36.4 Å². The molecule has 1 unspecified atom stereocenters. The fourth-order valence-electron chi connectivity index (χ4n) is 4.34. The lowest BCUT2D eigenvalue weighted by Crippen LogP contribution is -2.26. The van der Waals surface area contributed by atoms with E-state index >= 15 is 0 Å². The van der Waals surface area contributed by atoms with Gasteiger partial charge in [0.1, 0.15) is 17.6 Å². The van der Waals surface area contributed by atoms with Gasteiger partial charge in [0.25, 0.3) is 0 Å². The van der Waals surface area contributed by atoms with Crippen LogP contribution in [-0.2, 0) is 6.54 Å². The van der Waals surface area contributed by atoms with Crippen LogP contribution in [0.4, 0.5) is 21.5 Å². The fourth-order valence-corrected chi connectivity index (χ4v) is 4.79. The number of nitriles is 1. The average molecular weight is 576 g/mol.